The predicted octanol–water partition coefficient (Wildman–Crippen LogP) is 3.21. The van der Waals surface area contributed by atoms with Crippen molar-refractivity contribution in [1.82, 2.24) is 5.32 Å². The van der Waals surface area contributed by atoms with Crippen LogP contribution in [0, 0.1) is 0 Å². The van der Waals surface area contributed by atoms with Crippen molar-refractivity contribution in [3.63, 3.8) is 0 Å². The minimum absolute atomic E-state index is 0.115. The van der Waals surface area contributed by atoms with Crippen molar-refractivity contribution in [1.29, 1.82) is 0 Å². The molecule has 0 heterocycles. The summed E-state index contributed by atoms with van der Waals surface area (Å²) in [5.41, 5.74) is 9.19. The number of rotatable bonds is 6. The summed E-state index contributed by atoms with van der Waals surface area (Å²) in [6.45, 7) is 0.759. The molecule has 0 atom stereocenters. The largest absolute Gasteiger partial charge is 0.399 e. The molecule has 0 spiro atoms. The number of benzene rings is 1. The molecule has 0 saturated carbocycles. The van der Waals surface area contributed by atoms with Crippen LogP contribution >= 0.6 is 0 Å². The van der Waals surface area contributed by atoms with E-state index in [-0.39, 0.29) is 5.91 Å². The molecule has 3 N–H and O–H groups in total. The highest BCUT2D eigenvalue weighted by atomic mass is 16.1. The molecule has 3 nitrogen and oxygen atoms in total. The third-order valence-electron chi connectivity index (χ3n) is 3.83. The van der Waals surface area contributed by atoms with Gasteiger partial charge in [0, 0.05) is 18.7 Å². The van der Waals surface area contributed by atoms with Crippen LogP contribution in [0.5, 0.6) is 0 Å². The quantitative estimate of drug-likeness (QED) is 0.617. The lowest BCUT2D eigenvalue weighted by Gasteiger charge is -2.13. The topological polar surface area (TPSA) is 55.1 Å². The Labute approximate surface area is 121 Å². The van der Waals surface area contributed by atoms with Gasteiger partial charge in [0.25, 0.3) is 0 Å². The highest BCUT2D eigenvalue weighted by molar-refractivity contribution is 5.76. The molecule has 0 fully saturated rings. The maximum atomic E-state index is 11.8. The summed E-state index contributed by atoms with van der Waals surface area (Å²) in [7, 11) is 0. The maximum Gasteiger partial charge on any atom is 0.220 e. The van der Waals surface area contributed by atoms with Gasteiger partial charge in [-0.2, -0.15) is 0 Å². The Balaban J connectivity index is 1.65. The first-order valence-corrected chi connectivity index (χ1v) is 7.53. The molecule has 20 heavy (non-hydrogen) atoms. The van der Waals surface area contributed by atoms with Gasteiger partial charge in [-0.05, 0) is 50.2 Å². The van der Waals surface area contributed by atoms with Gasteiger partial charge in [0.05, 0.1) is 0 Å². The fraction of sp³-hybridized carbons (Fsp3) is 0.471. The molecule has 1 amide bonds. The van der Waals surface area contributed by atoms with Gasteiger partial charge in [0.1, 0.15) is 0 Å². The van der Waals surface area contributed by atoms with Gasteiger partial charge in [-0.15, -0.1) is 0 Å². The van der Waals surface area contributed by atoms with Gasteiger partial charge in [-0.1, -0.05) is 29.8 Å². The highest BCUT2D eigenvalue weighted by Crippen LogP contribution is 2.19. The molecule has 0 unspecified atom stereocenters. The summed E-state index contributed by atoms with van der Waals surface area (Å²) < 4.78 is 0. The molecule has 1 aromatic carbocycles. The Hall–Kier alpha value is -1.77. The molecule has 2 rings (SSSR count). The second-order valence-corrected chi connectivity index (χ2v) is 5.41. The second-order valence-electron chi connectivity index (χ2n) is 5.41. The van der Waals surface area contributed by atoms with Gasteiger partial charge in [-0.25, -0.2) is 0 Å². The van der Waals surface area contributed by atoms with Gasteiger partial charge in [0.15, 0.2) is 0 Å². The van der Waals surface area contributed by atoms with E-state index in [2.05, 4.69) is 11.4 Å². The zero-order chi connectivity index (χ0) is 14.2. The van der Waals surface area contributed by atoms with E-state index in [9.17, 15) is 4.79 Å². The summed E-state index contributed by atoms with van der Waals surface area (Å²) in [6.07, 6.45) is 9.57. The number of hydrogen-bond acceptors (Lipinski definition) is 2. The second kappa shape index (κ2) is 7.73. The van der Waals surface area contributed by atoms with Crippen molar-refractivity contribution in [2.45, 2.75) is 44.9 Å². The number of carbonyl (C=O) groups is 1. The van der Waals surface area contributed by atoms with E-state index in [0.29, 0.717) is 12.8 Å². The minimum atomic E-state index is 0.115. The zero-order valence-electron chi connectivity index (χ0n) is 12.0. The smallest absolute Gasteiger partial charge is 0.220 e. The van der Waals surface area contributed by atoms with Crippen molar-refractivity contribution in [2.24, 2.45) is 0 Å². The summed E-state index contributed by atoms with van der Waals surface area (Å²) >= 11 is 0. The zero-order valence-corrected chi connectivity index (χ0v) is 12.0. The first-order valence-electron chi connectivity index (χ1n) is 7.53. The summed E-state index contributed by atoms with van der Waals surface area (Å²) in [5, 5.41) is 3.00. The average molecular weight is 272 g/mol. The summed E-state index contributed by atoms with van der Waals surface area (Å²) in [6, 6.07) is 7.73. The fourth-order valence-electron chi connectivity index (χ4n) is 2.59. The van der Waals surface area contributed by atoms with Crippen molar-refractivity contribution >= 4 is 11.6 Å². The van der Waals surface area contributed by atoms with E-state index < -0.39 is 0 Å². The van der Waals surface area contributed by atoms with Crippen LogP contribution in [0.1, 0.15) is 44.1 Å². The number of nitrogens with one attached hydrogen (secondary N) is 1. The molecule has 1 aromatic rings. The number of para-hydroxylation sites is 1. The molecule has 0 saturated heterocycles. The standard InChI is InChI=1S/C17H24N2O/c18-16-9-5-4-8-15(16)10-11-17(20)19-13-12-14-6-2-1-3-7-14/h4-6,8-9H,1-3,7,10-13,18H2,(H,19,20). The molecule has 0 bridgehead atoms. The lowest BCUT2D eigenvalue weighted by molar-refractivity contribution is -0.121. The van der Waals surface area contributed by atoms with Crippen LogP contribution in [0.2, 0.25) is 0 Å². The Morgan fingerprint density at radius 2 is 2.05 bits per heavy atom. The first kappa shape index (κ1) is 14.6. The lowest BCUT2D eigenvalue weighted by Crippen LogP contribution is -2.25. The first-order chi connectivity index (χ1) is 9.75. The van der Waals surface area contributed by atoms with E-state index in [1.165, 1.54) is 31.3 Å². The van der Waals surface area contributed by atoms with E-state index in [4.69, 9.17) is 5.73 Å². The normalized spacial score (nSPS) is 14.7. The number of aryl methyl sites for hydroxylation is 1. The Morgan fingerprint density at radius 3 is 2.80 bits per heavy atom. The molecule has 3 heteroatoms. The van der Waals surface area contributed by atoms with Gasteiger partial charge in [0.2, 0.25) is 5.91 Å². The number of anilines is 1. The van der Waals surface area contributed by atoms with Gasteiger partial charge in [-0.3, -0.25) is 4.79 Å². The summed E-state index contributed by atoms with van der Waals surface area (Å²) in [4.78, 5) is 11.8. The van der Waals surface area contributed by atoms with Crippen molar-refractivity contribution in [3.05, 3.63) is 41.5 Å². The van der Waals surface area contributed by atoms with Crippen LogP contribution in [0.4, 0.5) is 5.69 Å². The molecular weight excluding hydrogens is 248 g/mol. The fourth-order valence-corrected chi connectivity index (χ4v) is 2.59. The minimum Gasteiger partial charge on any atom is -0.399 e. The van der Waals surface area contributed by atoms with Crippen molar-refractivity contribution in [3.8, 4) is 0 Å². The van der Waals surface area contributed by atoms with Gasteiger partial charge >= 0.3 is 0 Å². The third-order valence-corrected chi connectivity index (χ3v) is 3.83. The molecule has 0 radical (unpaired) electrons. The van der Waals surface area contributed by atoms with E-state index >= 15 is 0 Å². The highest BCUT2D eigenvalue weighted by Gasteiger charge is 2.06. The number of allylic oxidation sites excluding steroid dienone is 1. The van der Waals surface area contributed by atoms with Crippen LogP contribution in [-0.2, 0) is 11.2 Å². The number of hydrogen-bond donors (Lipinski definition) is 2. The van der Waals surface area contributed by atoms with Crippen LogP contribution < -0.4 is 11.1 Å². The Morgan fingerprint density at radius 1 is 1.20 bits per heavy atom. The van der Waals surface area contributed by atoms with Crippen LogP contribution in [0.3, 0.4) is 0 Å². The van der Waals surface area contributed by atoms with Gasteiger partial charge < -0.3 is 11.1 Å². The van der Waals surface area contributed by atoms with Crippen molar-refractivity contribution < 1.29 is 4.79 Å². The van der Waals surface area contributed by atoms with Crippen LogP contribution in [-0.4, -0.2) is 12.5 Å². The predicted molar refractivity (Wildman–Crippen MR) is 83.4 cm³/mol. The van der Waals surface area contributed by atoms with Crippen molar-refractivity contribution in [2.75, 3.05) is 12.3 Å². The number of carbonyl (C=O) groups excluding carboxylic acids is 1. The van der Waals surface area contributed by atoms with E-state index in [1.807, 2.05) is 24.3 Å². The SMILES string of the molecule is Nc1ccccc1CCC(=O)NCCC1=CCCCC1. The van der Waals surface area contributed by atoms with E-state index in [1.54, 1.807) is 0 Å². The molecule has 1 aliphatic carbocycles. The molecular formula is C17H24N2O. The van der Waals surface area contributed by atoms with Crippen LogP contribution in [0.25, 0.3) is 0 Å². The average Bonchev–Trinajstić information content (AvgIpc) is 2.47. The molecule has 108 valence electrons. The summed E-state index contributed by atoms with van der Waals surface area (Å²) in [5.74, 6) is 0.115. The third kappa shape index (κ3) is 4.72. The Bertz CT molecular complexity index is 480. The molecule has 1 aliphatic rings. The maximum absolute atomic E-state index is 11.8. The monoisotopic (exact) mass is 272 g/mol. The number of nitrogens with two attached hydrogens (primary N) is 1. The van der Waals surface area contributed by atoms with Crippen LogP contribution in [0.15, 0.2) is 35.9 Å². The van der Waals surface area contributed by atoms with E-state index in [0.717, 1.165) is 24.2 Å². The Kier molecular flexibility index (Phi) is 5.66. The number of nitrogen functional groups attached to an aromatic ring is 1. The molecule has 0 aromatic heterocycles. The lowest BCUT2D eigenvalue weighted by atomic mass is 9.97. The number of amides is 1. The molecule has 0 aliphatic heterocycles.